The fourth-order valence-corrected chi connectivity index (χ4v) is 3.11. The number of nitrogens with two attached hydrogens (primary N) is 1. The smallest absolute Gasteiger partial charge is 0.253 e. The van der Waals surface area contributed by atoms with Crippen molar-refractivity contribution in [3.63, 3.8) is 0 Å². The first-order valence-electron chi connectivity index (χ1n) is 8.54. The Morgan fingerprint density at radius 1 is 0.880 bits per heavy atom. The molecule has 1 aliphatic heterocycles. The number of piperazine rings is 1. The van der Waals surface area contributed by atoms with Crippen molar-refractivity contribution in [2.45, 2.75) is 13.0 Å². The van der Waals surface area contributed by atoms with Gasteiger partial charge in [0, 0.05) is 31.7 Å². The van der Waals surface area contributed by atoms with Crippen molar-refractivity contribution in [2.75, 3.05) is 26.2 Å². The molecule has 2 aromatic carbocycles. The van der Waals surface area contributed by atoms with Crippen molar-refractivity contribution >= 4 is 11.8 Å². The van der Waals surface area contributed by atoms with Crippen LogP contribution in [0.1, 0.15) is 17.3 Å². The number of benzene rings is 2. The molecule has 1 aliphatic rings. The van der Waals surface area contributed by atoms with Gasteiger partial charge in [0.2, 0.25) is 5.91 Å². The van der Waals surface area contributed by atoms with E-state index >= 15 is 0 Å². The van der Waals surface area contributed by atoms with E-state index in [-0.39, 0.29) is 17.9 Å². The summed E-state index contributed by atoms with van der Waals surface area (Å²) in [5.74, 6) is -0.290. The Morgan fingerprint density at radius 3 is 2.00 bits per heavy atom. The average molecular weight is 337 g/mol. The Hall–Kier alpha value is -2.66. The summed E-state index contributed by atoms with van der Waals surface area (Å²) in [7, 11) is 0. The number of hydrogen-bond donors (Lipinski definition) is 1. The predicted octanol–water partition coefficient (Wildman–Crippen LogP) is 1.99. The van der Waals surface area contributed by atoms with Crippen LogP contribution in [-0.4, -0.2) is 53.8 Å². The van der Waals surface area contributed by atoms with E-state index in [1.165, 1.54) is 0 Å². The van der Waals surface area contributed by atoms with E-state index in [9.17, 15) is 9.59 Å². The lowest BCUT2D eigenvalue weighted by Gasteiger charge is -2.37. The highest BCUT2D eigenvalue weighted by Crippen LogP contribution is 2.20. The molecule has 1 fully saturated rings. The highest BCUT2D eigenvalue weighted by atomic mass is 16.2. The van der Waals surface area contributed by atoms with Gasteiger partial charge in [-0.3, -0.25) is 14.5 Å². The Kier molecular flexibility index (Phi) is 5.14. The van der Waals surface area contributed by atoms with Gasteiger partial charge in [0.15, 0.2) is 0 Å². The summed E-state index contributed by atoms with van der Waals surface area (Å²) in [6.07, 6.45) is 0. The van der Waals surface area contributed by atoms with Crippen LogP contribution in [0.25, 0.3) is 11.1 Å². The maximum absolute atomic E-state index is 12.7. The van der Waals surface area contributed by atoms with E-state index in [0.29, 0.717) is 31.7 Å². The van der Waals surface area contributed by atoms with Crippen molar-refractivity contribution < 1.29 is 9.59 Å². The molecule has 0 aromatic heterocycles. The number of carbonyl (C=O) groups is 2. The number of amides is 2. The number of rotatable bonds is 4. The lowest BCUT2D eigenvalue weighted by Crippen LogP contribution is -2.54. The monoisotopic (exact) mass is 337 g/mol. The molecule has 0 aliphatic carbocycles. The van der Waals surface area contributed by atoms with E-state index in [4.69, 9.17) is 5.73 Å². The minimum Gasteiger partial charge on any atom is -0.368 e. The molecule has 130 valence electrons. The molecule has 5 heteroatoms. The van der Waals surface area contributed by atoms with Crippen LogP contribution in [0.15, 0.2) is 54.6 Å². The number of nitrogens with zero attached hydrogens (tertiary/aromatic N) is 2. The van der Waals surface area contributed by atoms with E-state index < -0.39 is 0 Å². The summed E-state index contributed by atoms with van der Waals surface area (Å²) in [6, 6.07) is 17.5. The number of primary amides is 1. The summed E-state index contributed by atoms with van der Waals surface area (Å²) >= 11 is 0. The molecule has 0 spiro atoms. The van der Waals surface area contributed by atoms with Crippen molar-refractivity contribution in [2.24, 2.45) is 5.73 Å². The molecule has 25 heavy (non-hydrogen) atoms. The number of carbonyl (C=O) groups excluding carboxylic acids is 2. The van der Waals surface area contributed by atoms with Crippen molar-refractivity contribution in [3.8, 4) is 11.1 Å². The van der Waals surface area contributed by atoms with Gasteiger partial charge in [-0.2, -0.15) is 0 Å². The third-order valence-electron chi connectivity index (χ3n) is 4.80. The molecule has 1 unspecified atom stereocenters. The zero-order valence-corrected chi connectivity index (χ0v) is 14.4. The molecule has 2 amide bonds. The third kappa shape index (κ3) is 3.88. The first kappa shape index (κ1) is 17.2. The molecule has 1 heterocycles. The van der Waals surface area contributed by atoms with Gasteiger partial charge < -0.3 is 10.6 Å². The molecule has 1 atom stereocenters. The van der Waals surface area contributed by atoms with Gasteiger partial charge >= 0.3 is 0 Å². The topological polar surface area (TPSA) is 66.6 Å². The molecule has 0 radical (unpaired) electrons. The Balaban J connectivity index is 1.63. The van der Waals surface area contributed by atoms with E-state index in [1.807, 2.05) is 59.2 Å². The largest absolute Gasteiger partial charge is 0.368 e. The predicted molar refractivity (Wildman–Crippen MR) is 98.0 cm³/mol. The summed E-state index contributed by atoms with van der Waals surface area (Å²) in [5.41, 5.74) is 8.27. The van der Waals surface area contributed by atoms with Gasteiger partial charge in [-0.15, -0.1) is 0 Å². The minimum atomic E-state index is -0.323. The van der Waals surface area contributed by atoms with Crippen molar-refractivity contribution in [1.82, 2.24) is 9.80 Å². The summed E-state index contributed by atoms with van der Waals surface area (Å²) in [6.45, 7) is 4.35. The molecular weight excluding hydrogens is 314 g/mol. The van der Waals surface area contributed by atoms with Gasteiger partial charge in [-0.25, -0.2) is 0 Å². The van der Waals surface area contributed by atoms with E-state index in [0.717, 1.165) is 11.1 Å². The fraction of sp³-hybridized carbons (Fsp3) is 0.300. The van der Waals surface area contributed by atoms with Crippen LogP contribution in [0, 0.1) is 0 Å². The molecule has 3 rings (SSSR count). The highest BCUT2D eigenvalue weighted by molar-refractivity contribution is 5.94. The van der Waals surface area contributed by atoms with Gasteiger partial charge in [-0.1, -0.05) is 42.5 Å². The zero-order chi connectivity index (χ0) is 17.8. The Morgan fingerprint density at radius 2 is 1.44 bits per heavy atom. The Labute approximate surface area is 148 Å². The number of hydrogen-bond acceptors (Lipinski definition) is 3. The van der Waals surface area contributed by atoms with Gasteiger partial charge in [0.25, 0.3) is 5.91 Å². The molecule has 2 aromatic rings. The maximum Gasteiger partial charge on any atom is 0.253 e. The molecule has 0 bridgehead atoms. The molecular formula is C20H23N3O2. The quantitative estimate of drug-likeness (QED) is 0.928. The summed E-state index contributed by atoms with van der Waals surface area (Å²) in [5, 5.41) is 0. The normalized spacial score (nSPS) is 16.4. The summed E-state index contributed by atoms with van der Waals surface area (Å²) < 4.78 is 0. The first-order chi connectivity index (χ1) is 12.1. The SMILES string of the molecule is CC(C(N)=O)N1CCN(C(=O)c2ccc(-c3ccccc3)cc2)CC1. The lowest BCUT2D eigenvalue weighted by molar-refractivity contribution is -0.123. The van der Waals surface area contributed by atoms with Gasteiger partial charge in [0.05, 0.1) is 6.04 Å². The van der Waals surface area contributed by atoms with Crippen molar-refractivity contribution in [3.05, 3.63) is 60.2 Å². The average Bonchev–Trinajstić information content (AvgIpc) is 2.67. The maximum atomic E-state index is 12.7. The van der Waals surface area contributed by atoms with Crippen LogP contribution in [0.2, 0.25) is 0 Å². The Bertz CT molecular complexity index is 735. The summed E-state index contributed by atoms with van der Waals surface area (Å²) in [4.78, 5) is 27.8. The molecule has 2 N–H and O–H groups in total. The lowest BCUT2D eigenvalue weighted by atomic mass is 10.0. The van der Waals surface area contributed by atoms with Crippen LogP contribution < -0.4 is 5.73 Å². The van der Waals surface area contributed by atoms with Crippen LogP contribution in [-0.2, 0) is 4.79 Å². The second-order valence-corrected chi connectivity index (χ2v) is 6.35. The standard InChI is InChI=1S/C20H23N3O2/c1-15(19(21)24)22-11-13-23(14-12-22)20(25)18-9-7-17(8-10-18)16-5-3-2-4-6-16/h2-10,15H,11-14H2,1H3,(H2,21,24). The first-order valence-corrected chi connectivity index (χ1v) is 8.54. The zero-order valence-electron chi connectivity index (χ0n) is 14.4. The molecule has 0 saturated carbocycles. The second kappa shape index (κ2) is 7.49. The van der Waals surface area contributed by atoms with Crippen LogP contribution in [0.5, 0.6) is 0 Å². The fourth-order valence-electron chi connectivity index (χ4n) is 3.11. The van der Waals surface area contributed by atoms with Crippen LogP contribution in [0.4, 0.5) is 0 Å². The van der Waals surface area contributed by atoms with Gasteiger partial charge in [0.1, 0.15) is 0 Å². The molecule has 1 saturated heterocycles. The van der Waals surface area contributed by atoms with E-state index in [1.54, 1.807) is 0 Å². The second-order valence-electron chi connectivity index (χ2n) is 6.35. The highest BCUT2D eigenvalue weighted by Gasteiger charge is 2.26. The minimum absolute atomic E-state index is 0.0333. The molecule has 5 nitrogen and oxygen atoms in total. The van der Waals surface area contributed by atoms with Crippen LogP contribution in [0.3, 0.4) is 0 Å². The van der Waals surface area contributed by atoms with Crippen molar-refractivity contribution in [1.29, 1.82) is 0 Å². The third-order valence-corrected chi connectivity index (χ3v) is 4.80. The van der Waals surface area contributed by atoms with Gasteiger partial charge in [-0.05, 0) is 30.2 Å². The van der Waals surface area contributed by atoms with E-state index in [2.05, 4.69) is 12.1 Å². The van der Waals surface area contributed by atoms with Crippen LogP contribution >= 0.6 is 0 Å².